The Morgan fingerprint density at radius 3 is 2.50 bits per heavy atom. The minimum absolute atomic E-state index is 0.294. The van der Waals surface area contributed by atoms with Crippen LogP contribution in [0.2, 0.25) is 0 Å². The average Bonchev–Trinajstić information content (AvgIpc) is 2.70. The molecule has 1 aromatic heterocycles. The molecule has 2 aromatic carbocycles. The van der Waals surface area contributed by atoms with Crippen molar-refractivity contribution in [2.75, 3.05) is 14.2 Å². The van der Waals surface area contributed by atoms with Crippen LogP contribution in [0.5, 0.6) is 5.75 Å². The maximum atomic E-state index is 12.6. The molecule has 6 nitrogen and oxygen atoms in total. The summed E-state index contributed by atoms with van der Waals surface area (Å²) in [6.45, 7) is 0.313. The van der Waals surface area contributed by atoms with Crippen molar-refractivity contribution in [3.05, 3.63) is 71.5 Å². The van der Waals surface area contributed by atoms with Gasteiger partial charge in [-0.05, 0) is 35.2 Å². The summed E-state index contributed by atoms with van der Waals surface area (Å²) in [4.78, 5) is 28.3. The highest BCUT2D eigenvalue weighted by atomic mass is 16.5. The molecule has 0 aliphatic carbocycles. The number of carbonyl (C=O) groups is 2. The summed E-state index contributed by atoms with van der Waals surface area (Å²) < 4.78 is 10.0. The van der Waals surface area contributed by atoms with Gasteiger partial charge in [0.05, 0.1) is 25.2 Å². The SMILES string of the molecule is COC(=O)c1ccc(CNC(=O)c2nccc3cccc(OC)c23)cc1. The molecule has 1 N–H and O–H groups in total. The fraction of sp³-hybridized carbons (Fsp3) is 0.150. The Balaban J connectivity index is 1.79. The number of hydrogen-bond donors (Lipinski definition) is 1. The first kappa shape index (κ1) is 17.4. The lowest BCUT2D eigenvalue weighted by molar-refractivity contribution is 0.0600. The number of carbonyl (C=O) groups excluding carboxylic acids is 2. The molecule has 0 fully saturated rings. The van der Waals surface area contributed by atoms with Crippen LogP contribution in [0.15, 0.2) is 54.7 Å². The molecule has 0 spiro atoms. The third kappa shape index (κ3) is 3.49. The Morgan fingerprint density at radius 2 is 1.81 bits per heavy atom. The lowest BCUT2D eigenvalue weighted by Gasteiger charge is -2.10. The van der Waals surface area contributed by atoms with E-state index in [2.05, 4.69) is 15.0 Å². The number of amides is 1. The van der Waals surface area contributed by atoms with E-state index >= 15 is 0 Å². The fourth-order valence-corrected chi connectivity index (χ4v) is 2.68. The molecule has 0 bridgehead atoms. The van der Waals surface area contributed by atoms with Gasteiger partial charge in [-0.1, -0.05) is 24.3 Å². The second-order valence-electron chi connectivity index (χ2n) is 5.59. The van der Waals surface area contributed by atoms with Crippen molar-refractivity contribution in [1.82, 2.24) is 10.3 Å². The Hall–Kier alpha value is -3.41. The van der Waals surface area contributed by atoms with E-state index in [1.54, 1.807) is 43.6 Å². The van der Waals surface area contributed by atoms with E-state index in [9.17, 15) is 9.59 Å². The lowest BCUT2D eigenvalue weighted by atomic mass is 10.1. The molecular weight excluding hydrogens is 332 g/mol. The number of benzene rings is 2. The van der Waals surface area contributed by atoms with E-state index < -0.39 is 5.97 Å². The van der Waals surface area contributed by atoms with E-state index in [4.69, 9.17) is 4.74 Å². The van der Waals surface area contributed by atoms with Crippen LogP contribution in [0.4, 0.5) is 0 Å². The van der Waals surface area contributed by atoms with Crippen LogP contribution < -0.4 is 10.1 Å². The molecule has 1 amide bonds. The topological polar surface area (TPSA) is 77.5 Å². The van der Waals surface area contributed by atoms with Crippen LogP contribution in [0.1, 0.15) is 26.4 Å². The molecule has 0 saturated carbocycles. The predicted molar refractivity (Wildman–Crippen MR) is 97.2 cm³/mol. The molecule has 26 heavy (non-hydrogen) atoms. The van der Waals surface area contributed by atoms with Gasteiger partial charge in [0.2, 0.25) is 0 Å². The maximum absolute atomic E-state index is 12.6. The predicted octanol–water partition coefficient (Wildman–Crippen LogP) is 2.96. The minimum atomic E-state index is -0.396. The molecule has 132 valence electrons. The Bertz CT molecular complexity index is 946. The second kappa shape index (κ2) is 7.65. The second-order valence-corrected chi connectivity index (χ2v) is 5.59. The molecule has 0 radical (unpaired) electrons. The number of esters is 1. The Morgan fingerprint density at radius 1 is 1.04 bits per heavy atom. The molecule has 0 unspecified atom stereocenters. The van der Waals surface area contributed by atoms with Gasteiger partial charge in [-0.25, -0.2) is 4.79 Å². The van der Waals surface area contributed by atoms with Gasteiger partial charge in [0.15, 0.2) is 0 Å². The van der Waals surface area contributed by atoms with E-state index in [1.165, 1.54) is 7.11 Å². The van der Waals surface area contributed by atoms with Gasteiger partial charge in [-0.3, -0.25) is 9.78 Å². The van der Waals surface area contributed by atoms with Gasteiger partial charge in [0.25, 0.3) is 5.91 Å². The van der Waals surface area contributed by atoms with Crippen molar-refractivity contribution in [2.24, 2.45) is 0 Å². The zero-order chi connectivity index (χ0) is 18.5. The number of methoxy groups -OCH3 is 2. The van der Waals surface area contributed by atoms with Gasteiger partial charge in [0, 0.05) is 12.7 Å². The third-order valence-corrected chi connectivity index (χ3v) is 4.02. The highest BCUT2D eigenvalue weighted by Crippen LogP contribution is 2.27. The lowest BCUT2D eigenvalue weighted by Crippen LogP contribution is -2.24. The number of rotatable bonds is 5. The number of aromatic nitrogens is 1. The first-order chi connectivity index (χ1) is 12.6. The first-order valence-corrected chi connectivity index (χ1v) is 8.01. The highest BCUT2D eigenvalue weighted by Gasteiger charge is 2.15. The number of nitrogens with zero attached hydrogens (tertiary/aromatic N) is 1. The first-order valence-electron chi connectivity index (χ1n) is 8.01. The van der Waals surface area contributed by atoms with Gasteiger partial charge in [-0.2, -0.15) is 0 Å². The monoisotopic (exact) mass is 350 g/mol. The van der Waals surface area contributed by atoms with E-state index in [1.807, 2.05) is 18.2 Å². The number of hydrogen-bond acceptors (Lipinski definition) is 5. The van der Waals surface area contributed by atoms with Crippen molar-refractivity contribution in [1.29, 1.82) is 0 Å². The zero-order valence-corrected chi connectivity index (χ0v) is 14.5. The van der Waals surface area contributed by atoms with Gasteiger partial charge in [-0.15, -0.1) is 0 Å². The summed E-state index contributed by atoms with van der Waals surface area (Å²) in [6, 6.07) is 14.3. The van der Waals surface area contributed by atoms with Crippen molar-refractivity contribution in [2.45, 2.75) is 6.54 Å². The highest BCUT2D eigenvalue weighted by molar-refractivity contribution is 6.07. The van der Waals surface area contributed by atoms with Gasteiger partial charge >= 0.3 is 5.97 Å². The number of nitrogens with one attached hydrogen (secondary N) is 1. The number of pyridine rings is 1. The van der Waals surface area contributed by atoms with Crippen LogP contribution in [-0.2, 0) is 11.3 Å². The van der Waals surface area contributed by atoms with E-state index in [0.29, 0.717) is 28.9 Å². The third-order valence-electron chi connectivity index (χ3n) is 4.02. The molecule has 0 saturated heterocycles. The van der Waals surface area contributed by atoms with Crippen LogP contribution in [0.3, 0.4) is 0 Å². The van der Waals surface area contributed by atoms with Gasteiger partial charge < -0.3 is 14.8 Å². The van der Waals surface area contributed by atoms with Crippen molar-refractivity contribution >= 4 is 22.6 Å². The molecule has 6 heteroatoms. The molecule has 0 aliphatic heterocycles. The molecule has 3 rings (SSSR count). The molecule has 0 atom stereocenters. The van der Waals surface area contributed by atoms with Gasteiger partial charge in [0.1, 0.15) is 11.4 Å². The fourth-order valence-electron chi connectivity index (χ4n) is 2.68. The largest absolute Gasteiger partial charge is 0.496 e. The van der Waals surface area contributed by atoms with Crippen LogP contribution in [-0.4, -0.2) is 31.1 Å². The van der Waals surface area contributed by atoms with Crippen molar-refractivity contribution in [3.63, 3.8) is 0 Å². The standard InChI is InChI=1S/C20H18N2O4/c1-25-16-5-3-4-14-10-11-21-18(17(14)16)19(23)22-12-13-6-8-15(9-7-13)20(24)26-2/h3-11H,12H2,1-2H3,(H,22,23). The maximum Gasteiger partial charge on any atom is 0.337 e. The summed E-state index contributed by atoms with van der Waals surface area (Å²) in [5, 5.41) is 4.41. The van der Waals surface area contributed by atoms with E-state index in [-0.39, 0.29) is 5.91 Å². The summed E-state index contributed by atoms with van der Waals surface area (Å²) in [7, 11) is 2.90. The summed E-state index contributed by atoms with van der Waals surface area (Å²) in [5.74, 6) is -0.0899. The average molecular weight is 350 g/mol. The quantitative estimate of drug-likeness (QED) is 0.716. The van der Waals surface area contributed by atoms with Crippen LogP contribution in [0, 0.1) is 0 Å². The van der Waals surface area contributed by atoms with Crippen molar-refractivity contribution in [3.8, 4) is 5.75 Å². The number of fused-ring (bicyclic) bond motifs is 1. The molecule has 1 heterocycles. The molecule has 0 aliphatic rings. The Labute approximate surface area is 150 Å². The van der Waals surface area contributed by atoms with Crippen LogP contribution >= 0.6 is 0 Å². The van der Waals surface area contributed by atoms with E-state index in [0.717, 1.165) is 10.9 Å². The molecular formula is C20H18N2O4. The summed E-state index contributed by atoms with van der Waals surface area (Å²) >= 11 is 0. The number of ether oxygens (including phenoxy) is 2. The van der Waals surface area contributed by atoms with Crippen LogP contribution in [0.25, 0.3) is 10.8 Å². The minimum Gasteiger partial charge on any atom is -0.496 e. The summed E-state index contributed by atoms with van der Waals surface area (Å²) in [6.07, 6.45) is 1.60. The van der Waals surface area contributed by atoms with Crippen molar-refractivity contribution < 1.29 is 19.1 Å². The zero-order valence-electron chi connectivity index (χ0n) is 14.5. The smallest absolute Gasteiger partial charge is 0.337 e. The Kier molecular flexibility index (Phi) is 5.12. The molecule has 3 aromatic rings. The normalized spacial score (nSPS) is 10.4. The summed E-state index contributed by atoms with van der Waals surface area (Å²) in [5.41, 5.74) is 1.63.